The molecular weight excluding hydrogens is 407 g/mol. The summed E-state index contributed by atoms with van der Waals surface area (Å²) in [6, 6.07) is 15.5. The van der Waals surface area contributed by atoms with Gasteiger partial charge in [0.1, 0.15) is 6.07 Å². The summed E-state index contributed by atoms with van der Waals surface area (Å²) in [7, 11) is 0. The van der Waals surface area contributed by atoms with E-state index in [1.807, 2.05) is 6.07 Å². The predicted molar refractivity (Wildman–Crippen MR) is 107 cm³/mol. The van der Waals surface area contributed by atoms with E-state index in [0.717, 1.165) is 11.3 Å². The molecule has 2 N–H and O–H groups in total. The number of halogens is 2. The van der Waals surface area contributed by atoms with Gasteiger partial charge in [0.2, 0.25) is 5.00 Å². The molecule has 0 bridgehead atoms. The third kappa shape index (κ3) is 5.01. The molecule has 0 radical (unpaired) electrons. The number of hydrogen-bond acceptors (Lipinski definition) is 8. The summed E-state index contributed by atoms with van der Waals surface area (Å²) in [4.78, 5) is 3.92. The lowest BCUT2D eigenvalue weighted by atomic mass is 10.3. The second kappa shape index (κ2) is 8.60. The molecule has 1 aromatic heterocycles. The van der Waals surface area contributed by atoms with Crippen molar-refractivity contribution in [3.05, 3.63) is 63.6 Å². The largest absolute Gasteiger partial charge is 0.491 e. The molecule has 0 aliphatic heterocycles. The second-order valence-electron chi connectivity index (χ2n) is 5.02. The Labute approximate surface area is 168 Å². The Morgan fingerprint density at radius 1 is 1.04 bits per heavy atom. The van der Waals surface area contributed by atoms with Crippen molar-refractivity contribution in [3.8, 4) is 11.9 Å². The van der Waals surface area contributed by atoms with E-state index in [1.54, 1.807) is 48.5 Å². The molecule has 0 aliphatic carbocycles. The standard InChI is InChI=1S/C17H10Cl2N6OS/c18-10-1-5-12(6-2-10)22-24-14(9-20)16-21-15(26)17(27-16)25-23-13-7-3-11(19)4-8-13/h1-8,22,26H/b24-14+,25-23?. The van der Waals surface area contributed by atoms with Crippen molar-refractivity contribution >= 4 is 56.6 Å². The van der Waals surface area contributed by atoms with Crippen LogP contribution >= 0.6 is 34.5 Å². The number of nitrogens with zero attached hydrogens (tertiary/aromatic N) is 5. The van der Waals surface area contributed by atoms with Crippen molar-refractivity contribution in [2.24, 2.45) is 15.3 Å². The van der Waals surface area contributed by atoms with Gasteiger partial charge in [-0.25, -0.2) is 0 Å². The zero-order valence-corrected chi connectivity index (χ0v) is 15.8. The summed E-state index contributed by atoms with van der Waals surface area (Å²) in [5.74, 6) is -0.331. The fraction of sp³-hybridized carbons (Fsp3) is 0. The van der Waals surface area contributed by atoms with Crippen LogP contribution in [0.5, 0.6) is 5.88 Å². The zero-order chi connectivity index (χ0) is 19.2. The van der Waals surface area contributed by atoms with E-state index in [4.69, 9.17) is 23.2 Å². The van der Waals surface area contributed by atoms with E-state index >= 15 is 0 Å². The minimum absolute atomic E-state index is 0.00167. The van der Waals surface area contributed by atoms with Crippen LogP contribution in [0.4, 0.5) is 16.4 Å². The number of nitriles is 1. The van der Waals surface area contributed by atoms with Crippen LogP contribution in [0.15, 0.2) is 63.9 Å². The van der Waals surface area contributed by atoms with E-state index in [0.29, 0.717) is 21.4 Å². The van der Waals surface area contributed by atoms with Crippen molar-refractivity contribution in [1.29, 1.82) is 5.26 Å². The van der Waals surface area contributed by atoms with E-state index in [9.17, 15) is 10.4 Å². The average molecular weight is 417 g/mol. The summed E-state index contributed by atoms with van der Waals surface area (Å²) in [6.45, 7) is 0. The molecule has 0 spiro atoms. The highest BCUT2D eigenvalue weighted by atomic mass is 35.5. The summed E-state index contributed by atoms with van der Waals surface area (Å²) in [5.41, 5.74) is 3.95. The third-order valence-corrected chi connectivity index (χ3v) is 4.56. The first-order valence-electron chi connectivity index (χ1n) is 7.42. The molecular formula is C17H10Cl2N6OS. The molecule has 0 atom stereocenters. The highest BCUT2D eigenvalue weighted by Crippen LogP contribution is 2.34. The van der Waals surface area contributed by atoms with Gasteiger partial charge in [0.25, 0.3) is 5.88 Å². The number of thiazole rings is 1. The second-order valence-corrected chi connectivity index (χ2v) is 6.87. The molecule has 0 saturated heterocycles. The van der Waals surface area contributed by atoms with Crippen LogP contribution < -0.4 is 5.43 Å². The fourth-order valence-corrected chi connectivity index (χ4v) is 2.82. The van der Waals surface area contributed by atoms with Crippen molar-refractivity contribution in [1.82, 2.24) is 4.98 Å². The Morgan fingerprint density at radius 2 is 1.67 bits per heavy atom. The van der Waals surface area contributed by atoms with E-state index in [-0.39, 0.29) is 21.6 Å². The van der Waals surface area contributed by atoms with Crippen molar-refractivity contribution < 1.29 is 5.11 Å². The van der Waals surface area contributed by atoms with Crippen LogP contribution in [0.3, 0.4) is 0 Å². The van der Waals surface area contributed by atoms with Gasteiger partial charge in [-0.1, -0.05) is 34.5 Å². The highest BCUT2D eigenvalue weighted by Gasteiger charge is 2.15. The van der Waals surface area contributed by atoms with E-state index in [1.165, 1.54) is 0 Å². The lowest BCUT2D eigenvalue weighted by Crippen LogP contribution is -2.01. The first-order valence-corrected chi connectivity index (χ1v) is 8.99. The molecule has 3 aromatic rings. The van der Waals surface area contributed by atoms with Crippen molar-refractivity contribution in [3.63, 3.8) is 0 Å². The number of nitrogens with one attached hydrogen (secondary N) is 1. The maximum absolute atomic E-state index is 9.94. The monoisotopic (exact) mass is 416 g/mol. The Balaban J connectivity index is 1.78. The van der Waals surface area contributed by atoms with Crippen molar-refractivity contribution in [2.45, 2.75) is 0 Å². The molecule has 134 valence electrons. The Bertz CT molecular complexity index is 1040. The predicted octanol–water partition coefficient (Wildman–Crippen LogP) is 5.91. The number of benzene rings is 2. The fourth-order valence-electron chi connectivity index (χ4n) is 1.85. The molecule has 1 heterocycles. The molecule has 2 aromatic carbocycles. The van der Waals surface area contributed by atoms with Gasteiger partial charge in [0.05, 0.1) is 11.4 Å². The maximum Gasteiger partial charge on any atom is 0.251 e. The number of anilines is 1. The van der Waals surface area contributed by atoms with Gasteiger partial charge in [-0.2, -0.15) is 15.3 Å². The van der Waals surface area contributed by atoms with Crippen LogP contribution in [0, 0.1) is 11.3 Å². The molecule has 0 amide bonds. The molecule has 0 unspecified atom stereocenters. The topological polar surface area (TPSA) is 106 Å². The van der Waals surface area contributed by atoms with Gasteiger partial charge >= 0.3 is 0 Å². The first-order chi connectivity index (χ1) is 13.0. The number of aromatic nitrogens is 1. The van der Waals surface area contributed by atoms with Crippen LogP contribution in [-0.4, -0.2) is 15.8 Å². The lowest BCUT2D eigenvalue weighted by Gasteiger charge is -2.00. The number of rotatable bonds is 5. The quantitative estimate of drug-likeness (QED) is 0.306. The average Bonchev–Trinajstić information content (AvgIpc) is 3.04. The smallest absolute Gasteiger partial charge is 0.251 e. The van der Waals surface area contributed by atoms with E-state index in [2.05, 4.69) is 25.7 Å². The first kappa shape index (κ1) is 18.8. The maximum atomic E-state index is 9.94. The molecule has 0 saturated carbocycles. The van der Waals surface area contributed by atoms with Crippen molar-refractivity contribution in [2.75, 3.05) is 5.43 Å². The number of azo groups is 1. The highest BCUT2D eigenvalue weighted by molar-refractivity contribution is 7.17. The Morgan fingerprint density at radius 3 is 2.30 bits per heavy atom. The molecule has 27 heavy (non-hydrogen) atoms. The molecule has 7 nitrogen and oxygen atoms in total. The normalized spacial score (nSPS) is 11.5. The van der Waals surface area contributed by atoms with Crippen LogP contribution in [0.25, 0.3) is 0 Å². The Hall–Kier alpha value is -2.99. The Kier molecular flexibility index (Phi) is 5.98. The van der Waals surface area contributed by atoms with Crippen LogP contribution in [0.2, 0.25) is 10.0 Å². The van der Waals surface area contributed by atoms with Crippen LogP contribution in [0.1, 0.15) is 5.01 Å². The van der Waals surface area contributed by atoms with Gasteiger partial charge in [-0.15, -0.1) is 10.2 Å². The summed E-state index contributed by atoms with van der Waals surface area (Å²) in [6.07, 6.45) is 0. The van der Waals surface area contributed by atoms with Gasteiger partial charge in [-0.3, -0.25) is 5.43 Å². The molecule has 3 rings (SSSR count). The molecule has 0 fully saturated rings. The van der Waals surface area contributed by atoms with Gasteiger partial charge < -0.3 is 5.11 Å². The zero-order valence-electron chi connectivity index (χ0n) is 13.5. The molecule has 0 aliphatic rings. The van der Waals surface area contributed by atoms with Gasteiger partial charge in [0, 0.05) is 10.0 Å². The lowest BCUT2D eigenvalue weighted by molar-refractivity contribution is 0.458. The van der Waals surface area contributed by atoms with Gasteiger partial charge in [0.15, 0.2) is 10.7 Å². The van der Waals surface area contributed by atoms with Crippen LogP contribution in [-0.2, 0) is 0 Å². The third-order valence-electron chi connectivity index (χ3n) is 3.12. The summed E-state index contributed by atoms with van der Waals surface area (Å²) < 4.78 is 0. The minimum Gasteiger partial charge on any atom is -0.491 e. The summed E-state index contributed by atoms with van der Waals surface area (Å²) in [5, 5.41) is 32.8. The minimum atomic E-state index is -0.331. The molecule has 10 heteroatoms. The number of hydrogen-bond donors (Lipinski definition) is 2. The summed E-state index contributed by atoms with van der Waals surface area (Å²) >= 11 is 12.6. The van der Waals surface area contributed by atoms with E-state index < -0.39 is 0 Å². The number of hydrazone groups is 1. The van der Waals surface area contributed by atoms with Gasteiger partial charge in [-0.05, 0) is 48.5 Å². The number of aromatic hydroxyl groups is 1. The SMILES string of the molecule is N#C/C(=N\Nc1ccc(Cl)cc1)c1nc(O)c(N=Nc2ccc(Cl)cc2)s1.